The predicted molar refractivity (Wildman–Crippen MR) is 89.2 cm³/mol. The molecule has 2 rings (SSSR count). The van der Waals surface area contributed by atoms with E-state index in [-0.39, 0.29) is 24.9 Å². The van der Waals surface area contributed by atoms with Gasteiger partial charge in [0.25, 0.3) is 0 Å². The average Bonchev–Trinajstić information content (AvgIpc) is 3.01. The molecule has 0 saturated heterocycles. The summed E-state index contributed by atoms with van der Waals surface area (Å²) in [7, 11) is 1.53. The van der Waals surface area contributed by atoms with Crippen molar-refractivity contribution in [3.8, 4) is 11.3 Å². The van der Waals surface area contributed by atoms with Crippen molar-refractivity contribution in [3.63, 3.8) is 0 Å². The van der Waals surface area contributed by atoms with Crippen LogP contribution in [0, 0.1) is 11.7 Å². The van der Waals surface area contributed by atoms with Gasteiger partial charge < -0.3 is 15.3 Å². The summed E-state index contributed by atoms with van der Waals surface area (Å²) in [6.45, 7) is 1.84. The molecule has 6 nitrogen and oxygen atoms in total. The van der Waals surface area contributed by atoms with Crippen molar-refractivity contribution in [2.24, 2.45) is 5.92 Å². The summed E-state index contributed by atoms with van der Waals surface area (Å²) >= 11 is 1.32. The molecule has 2 amide bonds. The summed E-state index contributed by atoms with van der Waals surface area (Å²) in [5, 5.41) is 13.9. The van der Waals surface area contributed by atoms with Crippen LogP contribution in [0.3, 0.4) is 0 Å². The van der Waals surface area contributed by atoms with E-state index >= 15 is 0 Å². The third kappa shape index (κ3) is 4.51. The number of amides is 2. The van der Waals surface area contributed by atoms with E-state index in [1.54, 1.807) is 23.6 Å². The molecule has 0 aliphatic heterocycles. The van der Waals surface area contributed by atoms with Gasteiger partial charge in [0.05, 0.1) is 18.2 Å². The molecule has 0 fully saturated rings. The van der Waals surface area contributed by atoms with Gasteiger partial charge in [0, 0.05) is 24.5 Å². The van der Waals surface area contributed by atoms with Crippen LogP contribution in [0.4, 0.5) is 9.18 Å². The number of hydrogen-bond donors (Lipinski definition) is 2. The molecular formula is C16H18FN3O3S. The molecule has 0 aliphatic rings. The molecule has 128 valence electrons. The first-order chi connectivity index (χ1) is 11.4. The van der Waals surface area contributed by atoms with Crippen molar-refractivity contribution < 1.29 is 19.1 Å². The first-order valence-electron chi connectivity index (χ1n) is 7.29. The molecule has 24 heavy (non-hydrogen) atoms. The zero-order valence-electron chi connectivity index (χ0n) is 13.3. The van der Waals surface area contributed by atoms with Crippen molar-refractivity contribution in [1.29, 1.82) is 0 Å². The van der Waals surface area contributed by atoms with Crippen LogP contribution >= 0.6 is 11.3 Å². The van der Waals surface area contributed by atoms with Gasteiger partial charge in [0.15, 0.2) is 0 Å². The number of carbonyl (C=O) groups is 2. The quantitative estimate of drug-likeness (QED) is 0.838. The largest absolute Gasteiger partial charge is 0.481 e. The lowest BCUT2D eigenvalue weighted by molar-refractivity contribution is -0.141. The summed E-state index contributed by atoms with van der Waals surface area (Å²) in [4.78, 5) is 28.4. The second-order valence-electron chi connectivity index (χ2n) is 5.38. The van der Waals surface area contributed by atoms with Gasteiger partial charge in [0.1, 0.15) is 10.8 Å². The number of nitrogens with one attached hydrogen (secondary N) is 1. The monoisotopic (exact) mass is 351 g/mol. The molecule has 1 aromatic carbocycles. The Kier molecular flexibility index (Phi) is 5.86. The lowest BCUT2D eigenvalue weighted by Gasteiger charge is -2.19. The SMILES string of the molecule is CC(CN(C)C(=O)NCc1nc(-c2ccccc2F)cs1)C(=O)O. The summed E-state index contributed by atoms with van der Waals surface area (Å²) in [5.74, 6) is -1.95. The summed E-state index contributed by atoms with van der Waals surface area (Å²) in [6, 6.07) is 5.98. The number of carboxylic acids is 1. The van der Waals surface area contributed by atoms with E-state index in [2.05, 4.69) is 10.3 Å². The molecular weight excluding hydrogens is 333 g/mol. The summed E-state index contributed by atoms with van der Waals surface area (Å²) in [6.07, 6.45) is 0. The fraction of sp³-hybridized carbons (Fsp3) is 0.312. The summed E-state index contributed by atoms with van der Waals surface area (Å²) in [5.41, 5.74) is 0.939. The van der Waals surface area contributed by atoms with E-state index < -0.39 is 11.9 Å². The van der Waals surface area contributed by atoms with Crippen molar-refractivity contribution in [3.05, 3.63) is 40.5 Å². The smallest absolute Gasteiger partial charge is 0.317 e. The highest BCUT2D eigenvalue weighted by molar-refractivity contribution is 7.09. The first-order valence-corrected chi connectivity index (χ1v) is 8.17. The Morgan fingerprint density at radius 2 is 2.12 bits per heavy atom. The van der Waals surface area contributed by atoms with Gasteiger partial charge in [-0.05, 0) is 12.1 Å². The number of thiazole rings is 1. The van der Waals surface area contributed by atoms with Crippen LogP contribution in [0.1, 0.15) is 11.9 Å². The molecule has 1 aromatic heterocycles. The maximum atomic E-state index is 13.7. The van der Waals surface area contributed by atoms with Crippen LogP contribution in [0.25, 0.3) is 11.3 Å². The molecule has 2 N–H and O–H groups in total. The Morgan fingerprint density at radius 1 is 1.42 bits per heavy atom. The number of urea groups is 1. The van der Waals surface area contributed by atoms with Crippen LogP contribution in [0.15, 0.2) is 29.6 Å². The Balaban J connectivity index is 1.92. The second kappa shape index (κ2) is 7.87. The third-order valence-corrected chi connectivity index (χ3v) is 4.26. The molecule has 1 atom stereocenters. The Hall–Kier alpha value is -2.48. The van der Waals surface area contributed by atoms with Gasteiger partial charge in [-0.25, -0.2) is 14.2 Å². The molecule has 0 saturated carbocycles. The number of hydrogen-bond acceptors (Lipinski definition) is 4. The number of rotatable bonds is 6. The van der Waals surface area contributed by atoms with Gasteiger partial charge in [-0.1, -0.05) is 19.1 Å². The number of nitrogens with zero attached hydrogens (tertiary/aromatic N) is 2. The van der Waals surface area contributed by atoms with E-state index in [1.165, 1.54) is 36.3 Å². The number of halogens is 1. The molecule has 0 bridgehead atoms. The fourth-order valence-corrected chi connectivity index (χ4v) is 2.78. The average molecular weight is 351 g/mol. The number of aliphatic carboxylic acids is 1. The third-order valence-electron chi connectivity index (χ3n) is 3.41. The first kappa shape index (κ1) is 17.9. The Labute approximate surface area is 142 Å². The van der Waals surface area contributed by atoms with Crippen LogP contribution in [-0.4, -0.2) is 40.6 Å². The zero-order valence-corrected chi connectivity index (χ0v) is 14.1. The number of aromatic nitrogens is 1. The maximum Gasteiger partial charge on any atom is 0.317 e. The van der Waals surface area contributed by atoms with Crippen molar-refractivity contribution >= 4 is 23.3 Å². The summed E-state index contributed by atoms with van der Waals surface area (Å²) < 4.78 is 13.7. The highest BCUT2D eigenvalue weighted by Gasteiger charge is 2.17. The van der Waals surface area contributed by atoms with Crippen LogP contribution in [-0.2, 0) is 11.3 Å². The normalized spacial score (nSPS) is 11.8. The van der Waals surface area contributed by atoms with Crippen LogP contribution < -0.4 is 5.32 Å². The highest BCUT2D eigenvalue weighted by Crippen LogP contribution is 2.24. The Bertz CT molecular complexity index is 735. The van der Waals surface area contributed by atoms with Gasteiger partial charge in [-0.2, -0.15) is 0 Å². The van der Waals surface area contributed by atoms with Crippen molar-refractivity contribution in [2.75, 3.05) is 13.6 Å². The molecule has 0 spiro atoms. The van der Waals surface area contributed by atoms with E-state index in [1.807, 2.05) is 0 Å². The molecule has 0 radical (unpaired) electrons. The minimum Gasteiger partial charge on any atom is -0.481 e. The zero-order chi connectivity index (χ0) is 17.7. The van der Waals surface area contributed by atoms with E-state index in [4.69, 9.17) is 5.11 Å². The standard InChI is InChI=1S/C16H18FN3O3S/c1-10(15(21)22)8-20(2)16(23)18-7-14-19-13(9-24-14)11-5-3-4-6-12(11)17/h3-6,9-10H,7-8H2,1-2H3,(H,18,23)(H,21,22). The van der Waals surface area contributed by atoms with Crippen LogP contribution in [0.5, 0.6) is 0 Å². The lowest BCUT2D eigenvalue weighted by Crippen LogP contribution is -2.40. The molecule has 2 aromatic rings. The molecule has 0 aliphatic carbocycles. The fourth-order valence-electron chi connectivity index (χ4n) is 2.04. The minimum absolute atomic E-state index is 0.111. The van der Waals surface area contributed by atoms with Gasteiger partial charge >= 0.3 is 12.0 Å². The van der Waals surface area contributed by atoms with E-state index in [0.717, 1.165) is 0 Å². The highest BCUT2D eigenvalue weighted by atomic mass is 32.1. The minimum atomic E-state index is -0.955. The van der Waals surface area contributed by atoms with Crippen LogP contribution in [0.2, 0.25) is 0 Å². The van der Waals surface area contributed by atoms with Gasteiger partial charge in [0.2, 0.25) is 0 Å². The topological polar surface area (TPSA) is 82.5 Å². The second-order valence-corrected chi connectivity index (χ2v) is 6.33. The predicted octanol–water partition coefficient (Wildman–Crippen LogP) is 2.81. The van der Waals surface area contributed by atoms with Crippen molar-refractivity contribution in [1.82, 2.24) is 15.2 Å². The number of benzene rings is 1. The number of carbonyl (C=O) groups excluding carboxylic acids is 1. The van der Waals surface area contributed by atoms with Crippen molar-refractivity contribution in [2.45, 2.75) is 13.5 Å². The number of carboxylic acid groups (broad SMARTS) is 1. The Morgan fingerprint density at radius 3 is 2.79 bits per heavy atom. The molecule has 8 heteroatoms. The maximum absolute atomic E-state index is 13.7. The lowest BCUT2D eigenvalue weighted by atomic mass is 10.2. The van der Waals surface area contributed by atoms with E-state index in [9.17, 15) is 14.0 Å². The van der Waals surface area contributed by atoms with Gasteiger partial charge in [-0.3, -0.25) is 4.79 Å². The van der Waals surface area contributed by atoms with E-state index in [0.29, 0.717) is 16.3 Å². The molecule has 1 heterocycles. The van der Waals surface area contributed by atoms with Gasteiger partial charge in [-0.15, -0.1) is 11.3 Å². The molecule has 1 unspecified atom stereocenters.